The summed E-state index contributed by atoms with van der Waals surface area (Å²) in [6.07, 6.45) is 8.74. The van der Waals surface area contributed by atoms with Gasteiger partial charge in [-0.15, -0.1) is 0 Å². The van der Waals surface area contributed by atoms with Crippen LogP contribution in [0.3, 0.4) is 0 Å². The zero-order chi connectivity index (χ0) is 20.2. The quantitative estimate of drug-likeness (QED) is 0.813. The van der Waals surface area contributed by atoms with E-state index in [1.54, 1.807) is 0 Å². The summed E-state index contributed by atoms with van der Waals surface area (Å²) in [6, 6.07) is 14.0. The minimum Gasteiger partial charge on any atom is -0.371 e. The molecule has 1 aromatic carbocycles. The molecule has 1 N–H and O–H groups in total. The van der Waals surface area contributed by atoms with Crippen molar-refractivity contribution in [2.45, 2.75) is 64.1 Å². The number of nitrogens with zero attached hydrogens (tertiary/aromatic N) is 3. The molecule has 2 saturated heterocycles. The van der Waals surface area contributed by atoms with E-state index >= 15 is 0 Å². The van der Waals surface area contributed by atoms with E-state index in [0.29, 0.717) is 24.5 Å². The summed E-state index contributed by atoms with van der Waals surface area (Å²) >= 11 is 0. The Kier molecular flexibility index (Phi) is 6.14. The van der Waals surface area contributed by atoms with Crippen LogP contribution in [0.15, 0.2) is 48.8 Å². The lowest BCUT2D eigenvalue weighted by molar-refractivity contribution is -0.117. The average molecular weight is 393 g/mol. The van der Waals surface area contributed by atoms with E-state index in [1.807, 2.05) is 23.4 Å². The molecule has 0 radical (unpaired) electrons. The largest absolute Gasteiger partial charge is 0.371 e. The third-order valence-corrected chi connectivity index (χ3v) is 6.26. The zero-order valence-corrected chi connectivity index (χ0v) is 17.6. The summed E-state index contributed by atoms with van der Waals surface area (Å²) in [5.41, 5.74) is 3.58. The van der Waals surface area contributed by atoms with Gasteiger partial charge in [0.2, 0.25) is 5.91 Å². The van der Waals surface area contributed by atoms with E-state index in [9.17, 15) is 4.79 Å². The van der Waals surface area contributed by atoms with Gasteiger partial charge in [0.05, 0.1) is 0 Å². The van der Waals surface area contributed by atoms with Gasteiger partial charge >= 0.3 is 0 Å². The van der Waals surface area contributed by atoms with Crippen LogP contribution in [0, 0.1) is 0 Å². The molecule has 5 heteroatoms. The van der Waals surface area contributed by atoms with Crippen LogP contribution in [-0.2, 0) is 11.2 Å². The number of piperidine rings is 1. The Morgan fingerprint density at radius 1 is 1.10 bits per heavy atom. The van der Waals surface area contributed by atoms with E-state index in [1.165, 1.54) is 11.3 Å². The van der Waals surface area contributed by atoms with Crippen LogP contribution in [0.2, 0.25) is 0 Å². The summed E-state index contributed by atoms with van der Waals surface area (Å²) in [4.78, 5) is 20.7. The maximum atomic E-state index is 12.1. The van der Waals surface area contributed by atoms with Gasteiger partial charge in [-0.25, -0.2) is 0 Å². The molecule has 154 valence electrons. The highest BCUT2D eigenvalue weighted by molar-refractivity contribution is 5.96. The number of rotatable bonds is 6. The normalized spacial score (nSPS) is 21.6. The van der Waals surface area contributed by atoms with Gasteiger partial charge in [0, 0.05) is 61.4 Å². The highest BCUT2D eigenvalue weighted by atomic mass is 16.2. The second-order valence-electron chi connectivity index (χ2n) is 8.56. The van der Waals surface area contributed by atoms with Gasteiger partial charge in [0.1, 0.15) is 0 Å². The number of amides is 1. The summed E-state index contributed by atoms with van der Waals surface area (Å²) < 4.78 is 0. The number of carbonyl (C=O) groups is 1. The molecule has 29 heavy (non-hydrogen) atoms. The van der Waals surface area contributed by atoms with Crippen LogP contribution >= 0.6 is 0 Å². The zero-order valence-electron chi connectivity index (χ0n) is 17.6. The van der Waals surface area contributed by atoms with E-state index < -0.39 is 0 Å². The Hall–Kier alpha value is -2.40. The van der Waals surface area contributed by atoms with Gasteiger partial charge in [0.25, 0.3) is 0 Å². The molecule has 5 nitrogen and oxygen atoms in total. The number of benzene rings is 1. The second-order valence-corrected chi connectivity index (χ2v) is 8.56. The van der Waals surface area contributed by atoms with Crippen LogP contribution in [0.5, 0.6) is 0 Å². The van der Waals surface area contributed by atoms with Crippen molar-refractivity contribution in [2.24, 2.45) is 0 Å². The van der Waals surface area contributed by atoms with E-state index in [2.05, 4.69) is 59.4 Å². The number of carbonyl (C=O) groups excluding carboxylic acids is 1. The first-order valence-corrected chi connectivity index (χ1v) is 10.9. The Morgan fingerprint density at radius 3 is 2.45 bits per heavy atom. The number of hydrogen-bond acceptors (Lipinski definition) is 4. The van der Waals surface area contributed by atoms with Crippen LogP contribution in [0.1, 0.15) is 45.1 Å². The second kappa shape index (κ2) is 8.95. The van der Waals surface area contributed by atoms with Crippen molar-refractivity contribution in [2.75, 3.05) is 22.9 Å². The van der Waals surface area contributed by atoms with Crippen LogP contribution in [0.25, 0.3) is 0 Å². The molecule has 0 bridgehead atoms. The number of nitrogens with one attached hydrogen (secondary N) is 1. The summed E-state index contributed by atoms with van der Waals surface area (Å²) in [6.45, 7) is 6.52. The Bertz CT molecular complexity index is 799. The van der Waals surface area contributed by atoms with Crippen LogP contribution in [0.4, 0.5) is 11.4 Å². The number of hydrogen-bond donors (Lipinski definition) is 1. The van der Waals surface area contributed by atoms with Crippen molar-refractivity contribution in [1.29, 1.82) is 0 Å². The molecular weight excluding hydrogens is 360 g/mol. The molecule has 2 aliphatic heterocycles. The van der Waals surface area contributed by atoms with Crippen molar-refractivity contribution in [3.8, 4) is 0 Å². The molecule has 3 heterocycles. The van der Waals surface area contributed by atoms with E-state index in [-0.39, 0.29) is 5.91 Å². The van der Waals surface area contributed by atoms with Gasteiger partial charge in [-0.1, -0.05) is 6.07 Å². The number of pyridine rings is 1. The fraction of sp³-hybridized carbons (Fsp3) is 0.500. The first-order valence-electron chi connectivity index (χ1n) is 10.9. The number of aromatic nitrogens is 1. The molecule has 0 saturated carbocycles. The lowest BCUT2D eigenvalue weighted by Crippen LogP contribution is -2.46. The molecule has 0 spiro atoms. The monoisotopic (exact) mass is 392 g/mol. The predicted octanol–water partition coefficient (Wildman–Crippen LogP) is 3.79. The lowest BCUT2D eigenvalue weighted by Gasteiger charge is -2.35. The Morgan fingerprint density at radius 2 is 1.83 bits per heavy atom. The lowest BCUT2D eigenvalue weighted by atomic mass is 10.0. The minimum absolute atomic E-state index is 0.248. The topological polar surface area (TPSA) is 48.5 Å². The number of anilines is 2. The fourth-order valence-electron chi connectivity index (χ4n) is 4.69. The highest BCUT2D eigenvalue weighted by Gasteiger charge is 2.29. The first kappa shape index (κ1) is 19.9. The molecule has 2 unspecified atom stereocenters. The molecule has 2 atom stereocenters. The minimum atomic E-state index is 0.248. The maximum Gasteiger partial charge on any atom is 0.227 e. The Labute approximate surface area is 174 Å². The maximum absolute atomic E-state index is 12.1. The Balaban J connectivity index is 1.27. The molecule has 1 amide bonds. The van der Waals surface area contributed by atoms with Crippen LogP contribution < -0.4 is 15.1 Å². The molecule has 1 aromatic heterocycles. The molecule has 2 aromatic rings. The van der Waals surface area contributed by atoms with Gasteiger partial charge in [-0.05, 0) is 75.4 Å². The molecular formula is C24H32N4O. The van der Waals surface area contributed by atoms with Gasteiger partial charge in [-0.3, -0.25) is 9.78 Å². The average Bonchev–Trinajstić information content (AvgIpc) is 3.07. The van der Waals surface area contributed by atoms with Crippen molar-refractivity contribution in [3.05, 3.63) is 54.4 Å². The van der Waals surface area contributed by atoms with Crippen molar-refractivity contribution >= 4 is 17.3 Å². The fourth-order valence-corrected chi connectivity index (χ4v) is 4.69. The molecule has 4 rings (SSSR count). The van der Waals surface area contributed by atoms with Crippen molar-refractivity contribution in [3.63, 3.8) is 0 Å². The van der Waals surface area contributed by atoms with E-state index in [4.69, 9.17) is 0 Å². The highest BCUT2D eigenvalue weighted by Crippen LogP contribution is 2.29. The first-order chi connectivity index (χ1) is 14.1. The van der Waals surface area contributed by atoms with Gasteiger partial charge in [0.15, 0.2) is 0 Å². The smallest absolute Gasteiger partial charge is 0.227 e. The van der Waals surface area contributed by atoms with E-state index in [0.717, 1.165) is 44.5 Å². The third-order valence-electron chi connectivity index (χ3n) is 6.26. The van der Waals surface area contributed by atoms with Crippen LogP contribution in [-0.4, -0.2) is 42.1 Å². The molecule has 2 fully saturated rings. The SMILES string of the molecule is CC(Cc1cccnc1)NC1CCN(c2ccc(N3C(=O)CCC3C)cc2)CC1. The molecule has 0 aliphatic carbocycles. The van der Waals surface area contributed by atoms with Crippen molar-refractivity contribution < 1.29 is 4.79 Å². The van der Waals surface area contributed by atoms with Crippen molar-refractivity contribution in [1.82, 2.24) is 10.3 Å². The third kappa shape index (κ3) is 4.78. The summed E-state index contributed by atoms with van der Waals surface area (Å²) in [5.74, 6) is 0.248. The van der Waals surface area contributed by atoms with Gasteiger partial charge < -0.3 is 15.1 Å². The summed E-state index contributed by atoms with van der Waals surface area (Å²) in [5, 5.41) is 3.80. The van der Waals surface area contributed by atoms with Gasteiger partial charge in [-0.2, -0.15) is 0 Å². The predicted molar refractivity (Wildman–Crippen MR) is 118 cm³/mol. The molecule has 2 aliphatic rings. The standard InChI is InChI=1S/C24H32N4O/c1-18(16-20-4-3-13-25-17-20)26-21-11-14-27(15-12-21)22-6-8-23(9-7-22)28-19(2)5-10-24(28)29/h3-4,6-9,13,17-19,21,26H,5,10-12,14-16H2,1-2H3. The summed E-state index contributed by atoms with van der Waals surface area (Å²) in [7, 11) is 0.